The third-order valence-electron chi connectivity index (χ3n) is 2.59. The second-order valence-corrected chi connectivity index (χ2v) is 4.02. The van der Waals surface area contributed by atoms with E-state index in [2.05, 4.69) is 28.0 Å². The van der Waals surface area contributed by atoms with Crippen molar-refractivity contribution in [1.29, 1.82) is 0 Å². The number of nitrogens with zero attached hydrogens (tertiary/aromatic N) is 2. The van der Waals surface area contributed by atoms with Gasteiger partial charge in [0, 0.05) is 25.7 Å². The zero-order valence-corrected chi connectivity index (χ0v) is 10.00. The summed E-state index contributed by atoms with van der Waals surface area (Å²) in [6.45, 7) is 4.37. The van der Waals surface area contributed by atoms with Gasteiger partial charge < -0.3 is 9.88 Å². The standard InChI is InChI=1S/C12H23N3/c1-3-4-5-6-9-15-10-12(14-11-15)7-8-13-2/h10-11,13H,3-9H2,1-2H3. The van der Waals surface area contributed by atoms with Crippen molar-refractivity contribution in [1.82, 2.24) is 14.9 Å². The summed E-state index contributed by atoms with van der Waals surface area (Å²) in [6.07, 6.45) is 10.4. The van der Waals surface area contributed by atoms with Crippen LogP contribution in [0.15, 0.2) is 12.5 Å². The van der Waals surface area contributed by atoms with Gasteiger partial charge >= 0.3 is 0 Å². The van der Waals surface area contributed by atoms with E-state index in [0.717, 1.165) is 19.5 Å². The third-order valence-corrected chi connectivity index (χ3v) is 2.59. The van der Waals surface area contributed by atoms with Gasteiger partial charge in [-0.3, -0.25) is 0 Å². The number of hydrogen-bond donors (Lipinski definition) is 1. The van der Waals surface area contributed by atoms with Crippen molar-refractivity contribution < 1.29 is 0 Å². The highest BCUT2D eigenvalue weighted by atomic mass is 15.0. The van der Waals surface area contributed by atoms with Gasteiger partial charge in [0.25, 0.3) is 0 Å². The van der Waals surface area contributed by atoms with E-state index >= 15 is 0 Å². The largest absolute Gasteiger partial charge is 0.337 e. The van der Waals surface area contributed by atoms with E-state index in [1.54, 1.807) is 0 Å². The van der Waals surface area contributed by atoms with Crippen LogP contribution in [-0.2, 0) is 13.0 Å². The van der Waals surface area contributed by atoms with E-state index < -0.39 is 0 Å². The molecule has 86 valence electrons. The first-order valence-electron chi connectivity index (χ1n) is 6.02. The predicted molar refractivity (Wildman–Crippen MR) is 64.0 cm³/mol. The first-order valence-corrected chi connectivity index (χ1v) is 6.02. The van der Waals surface area contributed by atoms with Crippen molar-refractivity contribution in [2.45, 2.75) is 45.6 Å². The lowest BCUT2D eigenvalue weighted by atomic mass is 10.2. The Labute approximate surface area is 92.9 Å². The quantitative estimate of drug-likeness (QED) is 0.665. The molecule has 0 unspecified atom stereocenters. The SMILES string of the molecule is CCCCCCn1cnc(CCNC)c1. The molecule has 0 aliphatic carbocycles. The number of aromatic nitrogens is 2. The maximum absolute atomic E-state index is 4.38. The zero-order chi connectivity index (χ0) is 10.9. The Bertz CT molecular complexity index is 255. The topological polar surface area (TPSA) is 29.9 Å². The first kappa shape index (κ1) is 12.2. The van der Waals surface area contributed by atoms with Crippen LogP contribution in [0.2, 0.25) is 0 Å². The lowest BCUT2D eigenvalue weighted by Gasteiger charge is -2.00. The smallest absolute Gasteiger partial charge is 0.0949 e. The lowest BCUT2D eigenvalue weighted by molar-refractivity contribution is 0.582. The molecular weight excluding hydrogens is 186 g/mol. The van der Waals surface area contributed by atoms with Gasteiger partial charge in [0.05, 0.1) is 12.0 Å². The minimum atomic E-state index is 1.01. The molecule has 1 rings (SSSR count). The van der Waals surface area contributed by atoms with Crippen LogP contribution in [0.3, 0.4) is 0 Å². The van der Waals surface area contributed by atoms with Crippen LogP contribution in [-0.4, -0.2) is 23.1 Å². The first-order chi connectivity index (χ1) is 7.36. The van der Waals surface area contributed by atoms with Crippen molar-refractivity contribution >= 4 is 0 Å². The van der Waals surface area contributed by atoms with Gasteiger partial charge in [-0.15, -0.1) is 0 Å². The van der Waals surface area contributed by atoms with E-state index in [0.29, 0.717) is 0 Å². The molecule has 0 atom stereocenters. The fraction of sp³-hybridized carbons (Fsp3) is 0.750. The molecule has 0 aliphatic rings. The summed E-state index contributed by atoms with van der Waals surface area (Å²) in [5.41, 5.74) is 1.19. The molecule has 0 aliphatic heterocycles. The number of imidazole rings is 1. The Morgan fingerprint density at radius 2 is 2.20 bits per heavy atom. The third kappa shape index (κ3) is 4.98. The van der Waals surface area contributed by atoms with Crippen molar-refractivity contribution in [3.63, 3.8) is 0 Å². The van der Waals surface area contributed by atoms with Crippen LogP contribution in [0.25, 0.3) is 0 Å². The maximum atomic E-state index is 4.38. The normalized spacial score (nSPS) is 10.8. The van der Waals surface area contributed by atoms with E-state index in [4.69, 9.17) is 0 Å². The minimum Gasteiger partial charge on any atom is -0.337 e. The maximum Gasteiger partial charge on any atom is 0.0949 e. The van der Waals surface area contributed by atoms with Crippen molar-refractivity contribution in [2.75, 3.05) is 13.6 Å². The van der Waals surface area contributed by atoms with Crippen LogP contribution in [0.1, 0.15) is 38.3 Å². The fourth-order valence-electron chi connectivity index (χ4n) is 1.63. The van der Waals surface area contributed by atoms with E-state index in [-0.39, 0.29) is 0 Å². The number of nitrogens with one attached hydrogen (secondary N) is 1. The summed E-state index contributed by atoms with van der Waals surface area (Å²) >= 11 is 0. The Morgan fingerprint density at radius 1 is 1.33 bits per heavy atom. The molecule has 1 N–H and O–H groups in total. The molecule has 0 radical (unpaired) electrons. The van der Waals surface area contributed by atoms with Gasteiger partial charge in [0.15, 0.2) is 0 Å². The molecule has 0 aromatic carbocycles. The number of hydrogen-bond acceptors (Lipinski definition) is 2. The fourth-order valence-corrected chi connectivity index (χ4v) is 1.63. The van der Waals surface area contributed by atoms with Gasteiger partial charge in [0.2, 0.25) is 0 Å². The van der Waals surface area contributed by atoms with Crippen LogP contribution in [0.5, 0.6) is 0 Å². The summed E-state index contributed by atoms with van der Waals surface area (Å²) < 4.78 is 2.21. The number of rotatable bonds is 8. The summed E-state index contributed by atoms with van der Waals surface area (Å²) in [6, 6.07) is 0. The molecule has 0 bridgehead atoms. The average Bonchev–Trinajstić information content (AvgIpc) is 2.69. The number of unbranched alkanes of at least 4 members (excludes halogenated alkanes) is 3. The van der Waals surface area contributed by atoms with Crippen LogP contribution >= 0.6 is 0 Å². The van der Waals surface area contributed by atoms with Gasteiger partial charge in [-0.2, -0.15) is 0 Å². The predicted octanol–water partition coefficient (Wildman–Crippen LogP) is 2.23. The monoisotopic (exact) mass is 209 g/mol. The highest BCUT2D eigenvalue weighted by Gasteiger charge is 1.97. The van der Waals surface area contributed by atoms with Gasteiger partial charge in [0.1, 0.15) is 0 Å². The van der Waals surface area contributed by atoms with E-state index in [1.165, 1.54) is 31.4 Å². The Kier molecular flexibility index (Phi) is 6.09. The van der Waals surface area contributed by atoms with Gasteiger partial charge in [-0.05, 0) is 13.5 Å². The highest BCUT2D eigenvalue weighted by Crippen LogP contribution is 2.03. The van der Waals surface area contributed by atoms with E-state index in [9.17, 15) is 0 Å². The van der Waals surface area contributed by atoms with Crippen molar-refractivity contribution in [2.24, 2.45) is 0 Å². The number of likely N-dealkylation sites (N-methyl/N-ethyl adjacent to an activating group) is 1. The second kappa shape index (κ2) is 7.46. The minimum absolute atomic E-state index is 1.01. The molecule has 1 aromatic heterocycles. The highest BCUT2D eigenvalue weighted by molar-refractivity contribution is 4.97. The molecular formula is C12H23N3. The van der Waals surface area contributed by atoms with Crippen LogP contribution in [0.4, 0.5) is 0 Å². The summed E-state index contributed by atoms with van der Waals surface area (Å²) in [4.78, 5) is 4.38. The molecule has 0 spiro atoms. The summed E-state index contributed by atoms with van der Waals surface area (Å²) in [5.74, 6) is 0. The molecule has 3 heteroatoms. The Hall–Kier alpha value is -0.830. The van der Waals surface area contributed by atoms with Gasteiger partial charge in [-0.1, -0.05) is 26.2 Å². The van der Waals surface area contributed by atoms with Crippen molar-refractivity contribution in [3.05, 3.63) is 18.2 Å². The second-order valence-electron chi connectivity index (χ2n) is 4.02. The molecule has 15 heavy (non-hydrogen) atoms. The Balaban J connectivity index is 2.20. The van der Waals surface area contributed by atoms with Crippen LogP contribution < -0.4 is 5.32 Å². The van der Waals surface area contributed by atoms with Gasteiger partial charge in [-0.25, -0.2) is 4.98 Å². The average molecular weight is 209 g/mol. The summed E-state index contributed by atoms with van der Waals surface area (Å²) in [5, 5.41) is 3.14. The molecule has 0 fully saturated rings. The zero-order valence-electron chi connectivity index (χ0n) is 10.00. The van der Waals surface area contributed by atoms with E-state index in [1.807, 2.05) is 13.4 Å². The molecule has 0 saturated heterocycles. The Morgan fingerprint density at radius 3 is 2.93 bits per heavy atom. The van der Waals surface area contributed by atoms with Crippen LogP contribution in [0, 0.1) is 0 Å². The lowest BCUT2D eigenvalue weighted by Crippen LogP contribution is -2.10. The summed E-state index contributed by atoms with van der Waals surface area (Å²) in [7, 11) is 1.97. The molecule has 0 amide bonds. The molecule has 1 heterocycles. The number of aryl methyl sites for hydroxylation is 1. The molecule has 1 aromatic rings. The molecule has 3 nitrogen and oxygen atoms in total. The molecule has 0 saturated carbocycles. The van der Waals surface area contributed by atoms with Crippen molar-refractivity contribution in [3.8, 4) is 0 Å².